The molecule has 0 aliphatic carbocycles. The van der Waals surface area contributed by atoms with Crippen LogP contribution in [0.5, 0.6) is 0 Å². The quantitative estimate of drug-likeness (QED) is 0.906. The van der Waals surface area contributed by atoms with Crippen molar-refractivity contribution in [1.82, 2.24) is 4.31 Å². The lowest BCUT2D eigenvalue weighted by molar-refractivity contribution is -0.918. The average Bonchev–Trinajstić information content (AvgIpc) is 3.00. The molecule has 0 amide bonds. The van der Waals surface area contributed by atoms with Gasteiger partial charge in [-0.1, -0.05) is 17.7 Å². The van der Waals surface area contributed by atoms with E-state index in [1.54, 1.807) is 16.6 Å². The Morgan fingerprint density at radius 3 is 2.52 bits per heavy atom. The molecule has 2 aromatic rings. The summed E-state index contributed by atoms with van der Waals surface area (Å²) in [5, 5.41) is 0. The summed E-state index contributed by atoms with van der Waals surface area (Å²) in [7, 11) is -3.40. The number of benzene rings is 1. The van der Waals surface area contributed by atoms with E-state index in [0.717, 1.165) is 36.5 Å². The fourth-order valence-electron chi connectivity index (χ4n) is 3.11. The van der Waals surface area contributed by atoms with E-state index in [9.17, 15) is 8.42 Å². The van der Waals surface area contributed by atoms with Crippen molar-refractivity contribution in [3.05, 3.63) is 53.5 Å². The predicted octanol–water partition coefficient (Wildman–Crippen LogP) is 0.986. The highest BCUT2D eigenvalue weighted by atomic mass is 32.2. The molecule has 2 heterocycles. The number of nitrogens with zero attached hydrogens (tertiary/aromatic N) is 1. The van der Waals surface area contributed by atoms with Crippen LogP contribution < -0.4 is 4.90 Å². The zero-order valence-electron chi connectivity index (χ0n) is 13.6. The molecule has 0 spiro atoms. The minimum atomic E-state index is -3.40. The lowest BCUT2D eigenvalue weighted by Gasteiger charge is -2.31. The van der Waals surface area contributed by atoms with Crippen molar-refractivity contribution < 1.29 is 17.7 Å². The molecule has 1 N–H and O–H groups in total. The summed E-state index contributed by atoms with van der Waals surface area (Å²) in [4.78, 5) is 1.78. The molecule has 1 aromatic heterocycles. The zero-order chi connectivity index (χ0) is 16.4. The van der Waals surface area contributed by atoms with Gasteiger partial charge in [0.25, 0.3) is 0 Å². The van der Waals surface area contributed by atoms with Gasteiger partial charge >= 0.3 is 0 Å². The number of hydrogen-bond acceptors (Lipinski definition) is 3. The summed E-state index contributed by atoms with van der Waals surface area (Å²) in [6, 6.07) is 9.35. The second-order valence-electron chi connectivity index (χ2n) is 6.18. The van der Waals surface area contributed by atoms with Crippen molar-refractivity contribution in [2.75, 3.05) is 26.2 Å². The highest BCUT2D eigenvalue weighted by Crippen LogP contribution is 2.20. The van der Waals surface area contributed by atoms with Crippen molar-refractivity contribution in [2.24, 2.45) is 0 Å². The molecule has 0 unspecified atom stereocenters. The van der Waals surface area contributed by atoms with Crippen molar-refractivity contribution in [3.8, 4) is 0 Å². The van der Waals surface area contributed by atoms with Gasteiger partial charge in [0.05, 0.1) is 37.3 Å². The smallest absolute Gasteiger partial charge is 0.243 e. The number of sulfonamides is 1. The molecule has 124 valence electrons. The van der Waals surface area contributed by atoms with E-state index in [4.69, 9.17) is 4.42 Å². The van der Waals surface area contributed by atoms with Crippen molar-refractivity contribution in [2.45, 2.75) is 25.3 Å². The Kier molecular flexibility index (Phi) is 4.57. The van der Waals surface area contributed by atoms with Crippen molar-refractivity contribution in [3.63, 3.8) is 0 Å². The summed E-state index contributed by atoms with van der Waals surface area (Å²) < 4.78 is 32.7. The number of nitrogens with one attached hydrogen (secondary N) is 1. The van der Waals surface area contributed by atoms with Gasteiger partial charge in [-0.2, -0.15) is 4.31 Å². The number of furan rings is 1. The van der Waals surface area contributed by atoms with Gasteiger partial charge in [-0.15, -0.1) is 0 Å². The van der Waals surface area contributed by atoms with Gasteiger partial charge < -0.3 is 9.32 Å². The Bertz CT molecular complexity index is 761. The SMILES string of the molecule is Cc1ccc(S(=O)(=O)N2CC[NH+](Cc3ccco3)CC2)c(C)c1. The van der Waals surface area contributed by atoms with Gasteiger partial charge in [0.2, 0.25) is 10.0 Å². The maximum absolute atomic E-state index is 12.8. The van der Waals surface area contributed by atoms with E-state index in [1.165, 1.54) is 4.90 Å². The highest BCUT2D eigenvalue weighted by molar-refractivity contribution is 7.89. The third kappa shape index (κ3) is 3.49. The fourth-order valence-corrected chi connectivity index (χ4v) is 4.75. The van der Waals surface area contributed by atoms with Gasteiger partial charge in [0, 0.05) is 0 Å². The normalized spacial score (nSPS) is 17.5. The summed E-state index contributed by atoms with van der Waals surface area (Å²) in [5.41, 5.74) is 1.89. The molecule has 23 heavy (non-hydrogen) atoms. The standard InChI is InChI=1S/C17H22N2O3S/c1-14-5-6-17(15(2)12-14)23(20,21)19-9-7-18(8-10-19)13-16-4-3-11-22-16/h3-6,11-12H,7-10,13H2,1-2H3/p+1. The molecule has 6 heteroatoms. The van der Waals surface area contributed by atoms with E-state index in [0.29, 0.717) is 18.0 Å². The Morgan fingerprint density at radius 2 is 1.91 bits per heavy atom. The van der Waals surface area contributed by atoms with Crippen LogP contribution >= 0.6 is 0 Å². The molecule has 1 aromatic carbocycles. The molecule has 0 atom stereocenters. The predicted molar refractivity (Wildman–Crippen MR) is 87.8 cm³/mol. The molecule has 5 nitrogen and oxygen atoms in total. The molecule has 3 rings (SSSR count). The van der Waals surface area contributed by atoms with Crippen LogP contribution in [0, 0.1) is 13.8 Å². The first-order valence-corrected chi connectivity index (χ1v) is 9.34. The van der Waals surface area contributed by atoms with E-state index < -0.39 is 10.0 Å². The molecule has 1 aliphatic rings. The zero-order valence-corrected chi connectivity index (χ0v) is 14.4. The van der Waals surface area contributed by atoms with Crippen LogP contribution in [0.4, 0.5) is 0 Å². The van der Waals surface area contributed by atoms with Crippen LogP contribution in [0.1, 0.15) is 16.9 Å². The second kappa shape index (κ2) is 6.47. The fraction of sp³-hybridized carbons (Fsp3) is 0.412. The third-order valence-electron chi connectivity index (χ3n) is 4.38. The van der Waals surface area contributed by atoms with Crippen LogP contribution in [0.2, 0.25) is 0 Å². The Hall–Kier alpha value is -1.63. The Balaban J connectivity index is 1.68. The summed E-state index contributed by atoms with van der Waals surface area (Å²) in [6.45, 7) is 7.33. The first kappa shape index (κ1) is 16.2. The van der Waals surface area contributed by atoms with Crippen molar-refractivity contribution >= 4 is 10.0 Å². The molecule has 1 saturated heterocycles. The number of piperazine rings is 1. The molecular weight excluding hydrogens is 312 g/mol. The third-order valence-corrected chi connectivity index (χ3v) is 6.44. The van der Waals surface area contributed by atoms with Gasteiger partial charge in [-0.05, 0) is 37.6 Å². The van der Waals surface area contributed by atoms with Crippen LogP contribution in [0.25, 0.3) is 0 Å². The molecule has 0 radical (unpaired) electrons. The van der Waals surface area contributed by atoms with Gasteiger partial charge in [0.1, 0.15) is 6.54 Å². The van der Waals surface area contributed by atoms with Gasteiger partial charge in [-0.3, -0.25) is 0 Å². The van der Waals surface area contributed by atoms with Crippen LogP contribution in [-0.4, -0.2) is 38.9 Å². The number of quaternary nitrogens is 1. The number of hydrogen-bond donors (Lipinski definition) is 1. The maximum Gasteiger partial charge on any atom is 0.243 e. The lowest BCUT2D eigenvalue weighted by atomic mass is 10.2. The molecule has 0 bridgehead atoms. The molecule has 0 saturated carbocycles. The lowest BCUT2D eigenvalue weighted by Crippen LogP contribution is -3.13. The van der Waals surface area contributed by atoms with Gasteiger partial charge in [-0.25, -0.2) is 8.42 Å². The first-order chi connectivity index (χ1) is 11.0. The minimum absolute atomic E-state index is 0.428. The molecule has 1 fully saturated rings. The molecule has 1 aliphatic heterocycles. The number of aryl methyl sites for hydroxylation is 2. The van der Waals surface area contributed by atoms with Crippen LogP contribution in [0.3, 0.4) is 0 Å². The van der Waals surface area contributed by atoms with E-state index in [1.807, 2.05) is 38.1 Å². The molecular formula is C17H23N2O3S+. The van der Waals surface area contributed by atoms with E-state index in [2.05, 4.69) is 0 Å². The second-order valence-corrected chi connectivity index (χ2v) is 8.09. The van der Waals surface area contributed by atoms with E-state index in [-0.39, 0.29) is 0 Å². The van der Waals surface area contributed by atoms with Crippen molar-refractivity contribution in [1.29, 1.82) is 0 Å². The van der Waals surface area contributed by atoms with Crippen LogP contribution in [0.15, 0.2) is 45.9 Å². The largest absolute Gasteiger partial charge is 0.463 e. The monoisotopic (exact) mass is 335 g/mol. The summed E-state index contributed by atoms with van der Waals surface area (Å²) in [5.74, 6) is 0.950. The highest BCUT2D eigenvalue weighted by Gasteiger charge is 2.31. The topological polar surface area (TPSA) is 55.0 Å². The average molecular weight is 335 g/mol. The van der Waals surface area contributed by atoms with E-state index >= 15 is 0 Å². The Labute approximate surface area is 137 Å². The Morgan fingerprint density at radius 1 is 1.17 bits per heavy atom. The number of rotatable bonds is 4. The van der Waals surface area contributed by atoms with Crippen LogP contribution in [-0.2, 0) is 16.6 Å². The summed E-state index contributed by atoms with van der Waals surface area (Å²) in [6.07, 6.45) is 1.68. The minimum Gasteiger partial charge on any atom is -0.463 e. The summed E-state index contributed by atoms with van der Waals surface area (Å²) >= 11 is 0. The maximum atomic E-state index is 12.8. The van der Waals surface area contributed by atoms with Gasteiger partial charge in [0.15, 0.2) is 5.76 Å². The first-order valence-electron chi connectivity index (χ1n) is 7.90.